The zero-order valence-electron chi connectivity index (χ0n) is 16.6. The normalized spacial score (nSPS) is 49.8. The van der Waals surface area contributed by atoms with Crippen molar-refractivity contribution in [1.29, 1.82) is 0 Å². The number of rotatable bonds is 0. The molecule has 0 bridgehead atoms. The van der Waals surface area contributed by atoms with E-state index in [1.807, 2.05) is 0 Å². The van der Waals surface area contributed by atoms with E-state index in [-0.39, 0.29) is 11.5 Å². The molecule has 0 saturated heterocycles. The lowest BCUT2D eigenvalue weighted by molar-refractivity contribution is -0.133. The SMILES string of the molecule is COC(=O)C#CC1CC[C@H]2[C@@H]3CCC4CC(O)CC[C@]4(C)[C@@H]3CC[C@]12C. The second-order valence-electron chi connectivity index (χ2n) is 10.0. The molecule has 1 N–H and O–H groups in total. The summed E-state index contributed by atoms with van der Waals surface area (Å²) in [5.41, 5.74) is 0.693. The van der Waals surface area contributed by atoms with Crippen LogP contribution in [0.3, 0.4) is 0 Å². The van der Waals surface area contributed by atoms with Gasteiger partial charge >= 0.3 is 5.97 Å². The third-order valence-corrected chi connectivity index (χ3v) is 9.17. The maximum absolute atomic E-state index is 11.5. The molecular weight excluding hydrogens is 324 g/mol. The molecule has 8 atom stereocenters. The maximum atomic E-state index is 11.5. The number of esters is 1. The van der Waals surface area contributed by atoms with Crippen molar-refractivity contribution in [2.45, 2.75) is 77.7 Å². The molecule has 144 valence electrons. The Morgan fingerprint density at radius 3 is 2.50 bits per heavy atom. The van der Waals surface area contributed by atoms with Gasteiger partial charge in [-0.3, -0.25) is 0 Å². The molecule has 0 heterocycles. The quantitative estimate of drug-likeness (QED) is 0.401. The Balaban J connectivity index is 1.56. The van der Waals surface area contributed by atoms with Gasteiger partial charge in [-0.1, -0.05) is 19.8 Å². The van der Waals surface area contributed by atoms with Crippen molar-refractivity contribution in [2.24, 2.45) is 40.4 Å². The molecule has 0 radical (unpaired) electrons. The van der Waals surface area contributed by atoms with Gasteiger partial charge in [0.1, 0.15) is 0 Å². The van der Waals surface area contributed by atoms with Gasteiger partial charge in [0.2, 0.25) is 0 Å². The Labute approximate surface area is 158 Å². The van der Waals surface area contributed by atoms with Crippen molar-refractivity contribution in [2.75, 3.05) is 7.11 Å². The second-order valence-corrected chi connectivity index (χ2v) is 10.0. The van der Waals surface area contributed by atoms with Crippen LogP contribution in [0.4, 0.5) is 0 Å². The average Bonchev–Trinajstić information content (AvgIpc) is 2.96. The van der Waals surface area contributed by atoms with Gasteiger partial charge in [0, 0.05) is 11.8 Å². The standard InChI is InChI=1S/C23H34O3/c1-22-13-11-20-18(7-4-16-14-17(24)10-12-23(16,20)2)19(22)8-5-15(22)6-9-21(25)26-3/h15-20,24H,4-5,7-8,10-14H2,1-3H3/t15?,16?,17?,18-,19-,20+,22+,23-/m0/s1. The van der Waals surface area contributed by atoms with Crippen LogP contribution in [0.25, 0.3) is 0 Å². The van der Waals surface area contributed by atoms with Gasteiger partial charge in [0.05, 0.1) is 13.2 Å². The number of hydrogen-bond acceptors (Lipinski definition) is 3. The summed E-state index contributed by atoms with van der Waals surface area (Å²) in [5, 5.41) is 10.2. The van der Waals surface area contributed by atoms with Crippen LogP contribution in [0.5, 0.6) is 0 Å². The number of methoxy groups -OCH3 is 1. The fourth-order valence-electron chi connectivity index (χ4n) is 7.67. The fourth-order valence-corrected chi connectivity index (χ4v) is 7.67. The third-order valence-electron chi connectivity index (χ3n) is 9.17. The number of carbonyl (C=O) groups excluding carboxylic acids is 1. The molecule has 0 aromatic carbocycles. The number of carbonyl (C=O) groups is 1. The van der Waals surface area contributed by atoms with Crippen molar-refractivity contribution in [3.05, 3.63) is 0 Å². The minimum absolute atomic E-state index is 0.0667. The predicted octanol–water partition coefficient (Wildman–Crippen LogP) is 4.18. The van der Waals surface area contributed by atoms with Crippen molar-refractivity contribution in [1.82, 2.24) is 0 Å². The third kappa shape index (κ3) is 2.71. The van der Waals surface area contributed by atoms with Crippen LogP contribution in [-0.4, -0.2) is 24.3 Å². The molecule has 4 aliphatic rings. The van der Waals surface area contributed by atoms with E-state index in [9.17, 15) is 9.90 Å². The van der Waals surface area contributed by atoms with E-state index in [0.717, 1.165) is 37.0 Å². The maximum Gasteiger partial charge on any atom is 0.384 e. The molecule has 4 saturated carbocycles. The lowest BCUT2D eigenvalue weighted by Crippen LogP contribution is -2.53. The van der Waals surface area contributed by atoms with E-state index < -0.39 is 5.97 Å². The van der Waals surface area contributed by atoms with Gasteiger partial charge < -0.3 is 9.84 Å². The molecule has 26 heavy (non-hydrogen) atoms. The molecule has 4 aliphatic carbocycles. The van der Waals surface area contributed by atoms with Gasteiger partial charge in [0.25, 0.3) is 0 Å². The minimum atomic E-state index is -0.403. The largest absolute Gasteiger partial charge is 0.459 e. The molecule has 4 fully saturated rings. The highest BCUT2D eigenvalue weighted by molar-refractivity contribution is 5.88. The van der Waals surface area contributed by atoms with E-state index in [4.69, 9.17) is 4.74 Å². The average molecular weight is 359 g/mol. The molecule has 0 spiro atoms. The van der Waals surface area contributed by atoms with Crippen LogP contribution in [0.1, 0.15) is 71.6 Å². The van der Waals surface area contributed by atoms with Gasteiger partial charge in [-0.25, -0.2) is 4.79 Å². The molecule has 0 aliphatic heterocycles. The van der Waals surface area contributed by atoms with E-state index in [1.54, 1.807) is 0 Å². The molecule has 3 heteroatoms. The first-order chi connectivity index (χ1) is 12.4. The second kappa shape index (κ2) is 6.55. The van der Waals surface area contributed by atoms with Crippen LogP contribution >= 0.6 is 0 Å². The zero-order chi connectivity index (χ0) is 18.5. The Morgan fingerprint density at radius 1 is 1.00 bits per heavy atom. The summed E-state index contributed by atoms with van der Waals surface area (Å²) in [5.74, 6) is 9.04. The highest BCUT2D eigenvalue weighted by Gasteiger charge is 2.59. The van der Waals surface area contributed by atoms with Crippen LogP contribution in [0.2, 0.25) is 0 Å². The van der Waals surface area contributed by atoms with E-state index in [1.165, 1.54) is 45.6 Å². The first-order valence-electron chi connectivity index (χ1n) is 10.7. The monoisotopic (exact) mass is 358 g/mol. The van der Waals surface area contributed by atoms with Gasteiger partial charge in [-0.2, -0.15) is 0 Å². The predicted molar refractivity (Wildman–Crippen MR) is 101 cm³/mol. The van der Waals surface area contributed by atoms with Crippen LogP contribution in [0.15, 0.2) is 0 Å². The van der Waals surface area contributed by atoms with Crippen molar-refractivity contribution in [3.8, 4) is 11.8 Å². The molecule has 4 rings (SSSR count). The summed E-state index contributed by atoms with van der Waals surface area (Å²) < 4.78 is 4.71. The van der Waals surface area contributed by atoms with E-state index in [2.05, 4.69) is 25.7 Å². The minimum Gasteiger partial charge on any atom is -0.459 e. The van der Waals surface area contributed by atoms with E-state index >= 15 is 0 Å². The van der Waals surface area contributed by atoms with Gasteiger partial charge in [0.15, 0.2) is 0 Å². The lowest BCUT2D eigenvalue weighted by atomic mass is 9.44. The zero-order valence-corrected chi connectivity index (χ0v) is 16.6. The highest BCUT2D eigenvalue weighted by Crippen LogP contribution is 2.67. The van der Waals surface area contributed by atoms with Crippen LogP contribution in [-0.2, 0) is 9.53 Å². The smallest absolute Gasteiger partial charge is 0.384 e. The number of ether oxygens (including phenoxy) is 1. The summed E-state index contributed by atoms with van der Waals surface area (Å²) in [6.07, 6.45) is 10.7. The number of hydrogen-bond donors (Lipinski definition) is 1. The Kier molecular flexibility index (Phi) is 4.63. The first kappa shape index (κ1) is 18.4. The first-order valence-corrected chi connectivity index (χ1v) is 10.7. The van der Waals surface area contributed by atoms with Gasteiger partial charge in [-0.15, -0.1) is 0 Å². The highest BCUT2D eigenvalue weighted by atomic mass is 16.5. The molecule has 0 aromatic rings. The lowest BCUT2D eigenvalue weighted by Gasteiger charge is -2.60. The molecular formula is C23H34O3. The Bertz CT molecular complexity index is 631. The molecule has 3 nitrogen and oxygen atoms in total. The fraction of sp³-hybridized carbons (Fsp3) is 0.870. The Morgan fingerprint density at radius 2 is 1.73 bits per heavy atom. The van der Waals surface area contributed by atoms with Crippen molar-refractivity contribution in [3.63, 3.8) is 0 Å². The summed E-state index contributed by atoms with van der Waals surface area (Å²) in [6.45, 7) is 4.98. The summed E-state index contributed by atoms with van der Waals surface area (Å²) in [7, 11) is 1.40. The molecule has 3 unspecified atom stereocenters. The molecule has 0 amide bonds. The summed E-state index contributed by atoms with van der Waals surface area (Å²) >= 11 is 0. The summed E-state index contributed by atoms with van der Waals surface area (Å²) in [4.78, 5) is 11.5. The van der Waals surface area contributed by atoms with Crippen LogP contribution < -0.4 is 0 Å². The van der Waals surface area contributed by atoms with E-state index in [0.29, 0.717) is 17.3 Å². The van der Waals surface area contributed by atoms with Crippen LogP contribution in [0, 0.1) is 52.3 Å². The van der Waals surface area contributed by atoms with Crippen molar-refractivity contribution < 1.29 is 14.6 Å². The summed E-state index contributed by atoms with van der Waals surface area (Å²) in [6, 6.07) is 0. The number of aliphatic hydroxyl groups excluding tert-OH is 1. The molecule has 0 aromatic heterocycles. The number of fused-ring (bicyclic) bond motifs is 5. The van der Waals surface area contributed by atoms with Crippen molar-refractivity contribution >= 4 is 5.97 Å². The van der Waals surface area contributed by atoms with Gasteiger partial charge in [-0.05, 0) is 92.3 Å². The Hall–Kier alpha value is -1.01. The number of aliphatic hydroxyl groups is 1. The topological polar surface area (TPSA) is 46.5 Å².